The topological polar surface area (TPSA) is 78.7 Å². The van der Waals surface area contributed by atoms with Gasteiger partial charge in [0, 0.05) is 17.5 Å². The van der Waals surface area contributed by atoms with Crippen LogP contribution in [0.2, 0.25) is 0 Å². The molecule has 1 aliphatic rings. The molecule has 2 rings (SSSR count). The molecule has 6 heteroatoms. The third kappa shape index (κ3) is 1.61. The van der Waals surface area contributed by atoms with Crippen LogP contribution in [0.5, 0.6) is 11.5 Å². The molecule has 17 heavy (non-hydrogen) atoms. The van der Waals surface area contributed by atoms with Crippen molar-refractivity contribution in [3.05, 3.63) is 27.3 Å². The molecule has 0 fully saturated rings. The van der Waals surface area contributed by atoms with Crippen LogP contribution >= 0.6 is 0 Å². The zero-order valence-corrected chi connectivity index (χ0v) is 9.48. The summed E-state index contributed by atoms with van der Waals surface area (Å²) >= 11 is 0. The predicted octanol–water partition coefficient (Wildman–Crippen LogP) is 1.74. The second-order valence-electron chi connectivity index (χ2n) is 3.67. The maximum absolute atomic E-state index is 11.6. The van der Waals surface area contributed by atoms with Crippen LogP contribution in [0, 0.1) is 10.1 Å². The van der Waals surface area contributed by atoms with Gasteiger partial charge in [-0.1, -0.05) is 0 Å². The van der Waals surface area contributed by atoms with Crippen molar-refractivity contribution in [3.8, 4) is 11.5 Å². The van der Waals surface area contributed by atoms with Crippen LogP contribution in [-0.2, 0) is 6.42 Å². The van der Waals surface area contributed by atoms with Gasteiger partial charge in [-0.05, 0) is 12.5 Å². The normalized spacial score (nSPS) is 13.4. The van der Waals surface area contributed by atoms with Crippen molar-refractivity contribution in [3.63, 3.8) is 0 Å². The largest absolute Gasteiger partial charge is 0.493 e. The number of carbonyl (C=O) groups is 1. The minimum Gasteiger partial charge on any atom is -0.493 e. The van der Waals surface area contributed by atoms with Crippen molar-refractivity contribution >= 4 is 11.5 Å². The Morgan fingerprint density at radius 2 is 2.00 bits per heavy atom. The van der Waals surface area contributed by atoms with Crippen LogP contribution in [0.25, 0.3) is 0 Å². The Balaban J connectivity index is 2.77. The standard InChI is InChI=1S/C11H11NO5/c1-16-9-5-7-6(3-4-8(7)13)10(12(14)15)11(9)17-2/h5H,3-4H2,1-2H3. The van der Waals surface area contributed by atoms with E-state index in [0.717, 1.165) is 0 Å². The number of ether oxygens (including phenoxy) is 2. The molecule has 0 atom stereocenters. The minimum absolute atomic E-state index is 0.0750. The second-order valence-corrected chi connectivity index (χ2v) is 3.67. The van der Waals surface area contributed by atoms with Gasteiger partial charge < -0.3 is 9.47 Å². The van der Waals surface area contributed by atoms with Gasteiger partial charge in [-0.3, -0.25) is 14.9 Å². The van der Waals surface area contributed by atoms with Crippen LogP contribution in [0.15, 0.2) is 6.07 Å². The van der Waals surface area contributed by atoms with E-state index in [1.807, 2.05) is 0 Å². The van der Waals surface area contributed by atoms with Gasteiger partial charge in [-0.2, -0.15) is 0 Å². The van der Waals surface area contributed by atoms with Crippen molar-refractivity contribution in [2.75, 3.05) is 14.2 Å². The van der Waals surface area contributed by atoms with Gasteiger partial charge in [0.25, 0.3) is 0 Å². The van der Waals surface area contributed by atoms with Crippen molar-refractivity contribution in [1.82, 2.24) is 0 Å². The van der Waals surface area contributed by atoms with Gasteiger partial charge >= 0.3 is 5.69 Å². The molecule has 0 unspecified atom stereocenters. The summed E-state index contributed by atoms with van der Waals surface area (Å²) in [4.78, 5) is 22.1. The molecule has 1 aromatic carbocycles. The molecule has 1 aromatic rings. The van der Waals surface area contributed by atoms with Crippen molar-refractivity contribution in [2.45, 2.75) is 12.8 Å². The van der Waals surface area contributed by atoms with Crippen LogP contribution in [-0.4, -0.2) is 24.9 Å². The summed E-state index contributed by atoms with van der Waals surface area (Å²) in [7, 11) is 2.72. The van der Waals surface area contributed by atoms with Crippen LogP contribution in [0.4, 0.5) is 5.69 Å². The zero-order chi connectivity index (χ0) is 12.6. The zero-order valence-electron chi connectivity index (χ0n) is 9.48. The Morgan fingerprint density at radius 3 is 2.53 bits per heavy atom. The molecule has 0 amide bonds. The Hall–Kier alpha value is -2.11. The highest BCUT2D eigenvalue weighted by molar-refractivity contribution is 6.02. The number of benzene rings is 1. The van der Waals surface area contributed by atoms with Gasteiger partial charge in [0.1, 0.15) is 0 Å². The minimum atomic E-state index is -0.529. The molecule has 1 aliphatic carbocycles. The molecule has 0 bridgehead atoms. The number of carbonyl (C=O) groups excluding carboxylic acids is 1. The number of hydrogen-bond donors (Lipinski definition) is 0. The molecule has 6 nitrogen and oxygen atoms in total. The number of nitro groups is 1. The third-order valence-corrected chi connectivity index (χ3v) is 2.83. The van der Waals surface area contributed by atoms with E-state index in [1.54, 1.807) is 0 Å². The number of hydrogen-bond acceptors (Lipinski definition) is 5. The van der Waals surface area contributed by atoms with E-state index in [-0.39, 0.29) is 23.0 Å². The summed E-state index contributed by atoms with van der Waals surface area (Å²) in [5.74, 6) is 0.197. The number of rotatable bonds is 3. The maximum atomic E-state index is 11.6. The van der Waals surface area contributed by atoms with Crippen molar-refractivity contribution < 1.29 is 19.2 Å². The fourth-order valence-corrected chi connectivity index (χ4v) is 2.08. The number of nitro benzene ring substituents is 1. The maximum Gasteiger partial charge on any atom is 0.318 e. The van der Waals surface area contributed by atoms with Gasteiger partial charge in [0.2, 0.25) is 5.75 Å². The highest BCUT2D eigenvalue weighted by Crippen LogP contribution is 2.44. The van der Waals surface area contributed by atoms with Gasteiger partial charge in [-0.15, -0.1) is 0 Å². The van der Waals surface area contributed by atoms with Gasteiger partial charge in [0.15, 0.2) is 11.5 Å². The molecule has 0 radical (unpaired) electrons. The molecule has 0 heterocycles. The summed E-state index contributed by atoms with van der Waals surface area (Å²) in [6.07, 6.45) is 0.678. The lowest BCUT2D eigenvalue weighted by atomic mass is 10.1. The number of nitrogens with zero attached hydrogens (tertiary/aromatic N) is 1. The monoisotopic (exact) mass is 237 g/mol. The van der Waals surface area contributed by atoms with E-state index in [1.165, 1.54) is 20.3 Å². The first-order valence-corrected chi connectivity index (χ1v) is 5.05. The Kier molecular flexibility index (Phi) is 2.71. The van der Waals surface area contributed by atoms with Crippen molar-refractivity contribution in [1.29, 1.82) is 0 Å². The highest BCUT2D eigenvalue weighted by atomic mass is 16.6. The summed E-state index contributed by atoms with van der Waals surface area (Å²) in [5, 5.41) is 11.1. The van der Waals surface area contributed by atoms with Crippen LogP contribution < -0.4 is 9.47 Å². The lowest BCUT2D eigenvalue weighted by molar-refractivity contribution is -0.386. The molecule has 0 saturated carbocycles. The summed E-state index contributed by atoms with van der Waals surface area (Å²) in [6.45, 7) is 0. The number of Topliss-reactive ketones (excluding diaryl/α,β-unsaturated/α-hetero) is 1. The molecule has 90 valence electrons. The number of ketones is 1. The number of methoxy groups -OCH3 is 2. The van der Waals surface area contributed by atoms with Gasteiger partial charge in [0.05, 0.1) is 19.1 Å². The van der Waals surface area contributed by atoms with E-state index in [2.05, 4.69) is 0 Å². The fourth-order valence-electron chi connectivity index (χ4n) is 2.08. The van der Waals surface area contributed by atoms with Crippen LogP contribution in [0.3, 0.4) is 0 Å². The highest BCUT2D eigenvalue weighted by Gasteiger charge is 2.34. The van der Waals surface area contributed by atoms with E-state index >= 15 is 0 Å². The Morgan fingerprint density at radius 1 is 1.29 bits per heavy atom. The molecular weight excluding hydrogens is 226 g/mol. The molecule has 0 aromatic heterocycles. The quantitative estimate of drug-likeness (QED) is 0.591. The smallest absolute Gasteiger partial charge is 0.318 e. The molecule has 0 saturated heterocycles. The van der Waals surface area contributed by atoms with E-state index in [9.17, 15) is 14.9 Å². The van der Waals surface area contributed by atoms with E-state index in [0.29, 0.717) is 24.0 Å². The number of fused-ring (bicyclic) bond motifs is 1. The van der Waals surface area contributed by atoms with Crippen LogP contribution in [0.1, 0.15) is 22.3 Å². The predicted molar refractivity (Wildman–Crippen MR) is 58.9 cm³/mol. The Labute approximate surface area is 97.3 Å². The van der Waals surface area contributed by atoms with E-state index in [4.69, 9.17) is 9.47 Å². The first-order valence-electron chi connectivity index (χ1n) is 5.05. The summed E-state index contributed by atoms with van der Waals surface area (Å²) < 4.78 is 10.0. The second kappa shape index (κ2) is 4.04. The molecule has 0 spiro atoms. The summed E-state index contributed by atoms with van der Waals surface area (Å²) in [5.41, 5.74) is 0.653. The molecule has 0 aliphatic heterocycles. The van der Waals surface area contributed by atoms with Gasteiger partial charge in [-0.25, -0.2) is 0 Å². The first kappa shape index (κ1) is 11.4. The molecule has 0 N–H and O–H groups in total. The first-order chi connectivity index (χ1) is 8.10. The average molecular weight is 237 g/mol. The fraction of sp³-hybridized carbons (Fsp3) is 0.364. The Bertz CT molecular complexity index is 509. The lowest BCUT2D eigenvalue weighted by Gasteiger charge is -2.10. The SMILES string of the molecule is COc1cc2c(c([N+](=O)[O-])c1OC)CCC2=O. The average Bonchev–Trinajstić information content (AvgIpc) is 2.68. The van der Waals surface area contributed by atoms with E-state index < -0.39 is 4.92 Å². The third-order valence-electron chi connectivity index (χ3n) is 2.83. The molecular formula is C11H11NO5. The summed E-state index contributed by atoms with van der Waals surface area (Å²) in [6, 6.07) is 1.51. The van der Waals surface area contributed by atoms with Crippen molar-refractivity contribution in [2.24, 2.45) is 0 Å². The lowest BCUT2D eigenvalue weighted by Crippen LogP contribution is -2.02.